The van der Waals surface area contributed by atoms with E-state index in [1.807, 2.05) is 48.5 Å². The van der Waals surface area contributed by atoms with Gasteiger partial charge in [-0.3, -0.25) is 4.79 Å². The molecule has 0 saturated carbocycles. The Morgan fingerprint density at radius 1 is 0.846 bits per heavy atom. The molecular formula is C22H13FN2O. The van der Waals surface area contributed by atoms with E-state index in [1.54, 1.807) is 18.2 Å². The van der Waals surface area contributed by atoms with Crippen LogP contribution in [-0.4, -0.2) is 4.98 Å². The Labute approximate surface area is 149 Å². The highest BCUT2D eigenvalue weighted by Gasteiger charge is 2.13. The molecule has 0 saturated heterocycles. The van der Waals surface area contributed by atoms with Gasteiger partial charge < -0.3 is 4.98 Å². The lowest BCUT2D eigenvalue weighted by molar-refractivity contribution is 0.628. The number of fused-ring (bicyclic) bond motifs is 1. The van der Waals surface area contributed by atoms with Gasteiger partial charge in [0.05, 0.1) is 0 Å². The van der Waals surface area contributed by atoms with E-state index in [2.05, 4.69) is 4.98 Å². The van der Waals surface area contributed by atoms with Crippen LogP contribution < -0.4 is 5.56 Å². The van der Waals surface area contributed by atoms with Gasteiger partial charge in [0.15, 0.2) is 0 Å². The first-order chi connectivity index (χ1) is 12.7. The number of rotatable bonds is 2. The molecule has 4 aromatic rings. The summed E-state index contributed by atoms with van der Waals surface area (Å²) in [5.74, 6) is -0.348. The Balaban J connectivity index is 1.95. The van der Waals surface area contributed by atoms with E-state index < -0.39 is 5.56 Å². The largest absolute Gasteiger partial charge is 0.321 e. The molecule has 0 amide bonds. The lowest BCUT2D eigenvalue weighted by Crippen LogP contribution is -2.12. The molecule has 0 aliphatic carbocycles. The van der Waals surface area contributed by atoms with Crippen molar-refractivity contribution in [3.05, 3.63) is 94.5 Å². The molecule has 124 valence electrons. The van der Waals surface area contributed by atoms with Crippen molar-refractivity contribution in [2.75, 3.05) is 0 Å². The molecule has 0 radical (unpaired) electrons. The van der Waals surface area contributed by atoms with Crippen molar-refractivity contribution in [3.63, 3.8) is 0 Å². The first-order valence-corrected chi connectivity index (χ1v) is 8.08. The molecular weight excluding hydrogens is 327 g/mol. The van der Waals surface area contributed by atoms with Crippen LogP contribution in [-0.2, 0) is 0 Å². The molecule has 0 fully saturated rings. The van der Waals surface area contributed by atoms with E-state index in [-0.39, 0.29) is 11.4 Å². The summed E-state index contributed by atoms with van der Waals surface area (Å²) < 4.78 is 13.2. The van der Waals surface area contributed by atoms with Gasteiger partial charge in [-0.05, 0) is 58.3 Å². The molecule has 0 aliphatic heterocycles. The fourth-order valence-electron chi connectivity index (χ4n) is 3.04. The van der Waals surface area contributed by atoms with Crippen LogP contribution >= 0.6 is 0 Å². The number of benzene rings is 3. The number of hydrogen-bond acceptors (Lipinski definition) is 2. The van der Waals surface area contributed by atoms with Gasteiger partial charge in [0, 0.05) is 11.3 Å². The lowest BCUT2D eigenvalue weighted by Gasteiger charge is -2.09. The number of nitrogens with zero attached hydrogens (tertiary/aromatic N) is 1. The molecule has 26 heavy (non-hydrogen) atoms. The van der Waals surface area contributed by atoms with Crippen LogP contribution in [0.3, 0.4) is 0 Å². The maximum atomic E-state index is 13.2. The Bertz CT molecular complexity index is 1220. The predicted octanol–water partition coefficient (Wildman–Crippen LogP) is 4.87. The monoisotopic (exact) mass is 340 g/mol. The van der Waals surface area contributed by atoms with Crippen LogP contribution in [0.15, 0.2) is 77.6 Å². The second-order valence-electron chi connectivity index (χ2n) is 5.98. The zero-order valence-electron chi connectivity index (χ0n) is 13.7. The van der Waals surface area contributed by atoms with Crippen LogP contribution in [0.1, 0.15) is 5.56 Å². The van der Waals surface area contributed by atoms with Crippen LogP contribution in [0, 0.1) is 17.1 Å². The van der Waals surface area contributed by atoms with Gasteiger partial charge in [-0.2, -0.15) is 5.26 Å². The van der Waals surface area contributed by atoms with E-state index in [1.165, 1.54) is 12.1 Å². The standard InChI is InChI=1S/C22H13FN2O/c23-18-9-7-15(8-10-18)21-12-19(20(13-24)22(26)25-21)17-6-5-14-3-1-2-4-16(14)11-17/h1-12H,(H,25,26). The first-order valence-electron chi connectivity index (χ1n) is 8.08. The van der Waals surface area contributed by atoms with Crippen molar-refractivity contribution in [2.24, 2.45) is 0 Å². The summed E-state index contributed by atoms with van der Waals surface area (Å²) in [6.45, 7) is 0. The molecule has 3 nitrogen and oxygen atoms in total. The average molecular weight is 340 g/mol. The van der Waals surface area contributed by atoms with E-state index in [9.17, 15) is 14.4 Å². The quantitative estimate of drug-likeness (QED) is 0.566. The Kier molecular flexibility index (Phi) is 3.83. The highest BCUT2D eigenvalue weighted by atomic mass is 19.1. The van der Waals surface area contributed by atoms with Crippen molar-refractivity contribution >= 4 is 10.8 Å². The van der Waals surface area contributed by atoms with Gasteiger partial charge in [0.2, 0.25) is 0 Å². The minimum absolute atomic E-state index is 0.0612. The third-order valence-corrected chi connectivity index (χ3v) is 4.36. The summed E-state index contributed by atoms with van der Waals surface area (Å²) in [4.78, 5) is 15.1. The van der Waals surface area contributed by atoms with E-state index >= 15 is 0 Å². The Hall–Kier alpha value is -3.71. The molecule has 4 rings (SSSR count). The van der Waals surface area contributed by atoms with Crippen molar-refractivity contribution < 1.29 is 4.39 Å². The summed E-state index contributed by atoms with van der Waals surface area (Å²) in [7, 11) is 0. The van der Waals surface area contributed by atoms with Crippen LogP contribution in [0.2, 0.25) is 0 Å². The van der Waals surface area contributed by atoms with Crippen molar-refractivity contribution in [1.29, 1.82) is 5.26 Å². The lowest BCUT2D eigenvalue weighted by atomic mass is 9.97. The molecule has 0 aliphatic rings. The highest BCUT2D eigenvalue weighted by molar-refractivity contribution is 5.88. The second-order valence-corrected chi connectivity index (χ2v) is 5.98. The van der Waals surface area contributed by atoms with Gasteiger partial charge in [-0.1, -0.05) is 36.4 Å². The SMILES string of the molecule is N#Cc1c(-c2ccc3ccccc3c2)cc(-c2ccc(F)cc2)[nH]c1=O. The molecule has 1 N–H and O–H groups in total. The highest BCUT2D eigenvalue weighted by Crippen LogP contribution is 2.28. The minimum Gasteiger partial charge on any atom is -0.321 e. The maximum Gasteiger partial charge on any atom is 0.266 e. The number of hydrogen-bond donors (Lipinski definition) is 1. The smallest absolute Gasteiger partial charge is 0.266 e. The Morgan fingerprint density at radius 3 is 2.27 bits per heavy atom. The molecule has 4 heteroatoms. The van der Waals surface area contributed by atoms with Crippen molar-refractivity contribution in [1.82, 2.24) is 4.98 Å². The van der Waals surface area contributed by atoms with E-state index in [4.69, 9.17) is 0 Å². The number of nitriles is 1. The minimum atomic E-state index is -0.461. The number of aromatic amines is 1. The van der Waals surface area contributed by atoms with Gasteiger partial charge in [-0.25, -0.2) is 4.39 Å². The molecule has 0 bridgehead atoms. The van der Waals surface area contributed by atoms with Gasteiger partial charge in [-0.15, -0.1) is 0 Å². The van der Waals surface area contributed by atoms with Crippen LogP contribution in [0.5, 0.6) is 0 Å². The summed E-state index contributed by atoms with van der Waals surface area (Å²) in [5.41, 5.74) is 2.16. The first kappa shape index (κ1) is 15.8. The van der Waals surface area contributed by atoms with Crippen molar-refractivity contribution in [2.45, 2.75) is 0 Å². The van der Waals surface area contributed by atoms with E-state index in [0.29, 0.717) is 16.8 Å². The number of aromatic nitrogens is 1. The van der Waals surface area contributed by atoms with Gasteiger partial charge >= 0.3 is 0 Å². The Morgan fingerprint density at radius 2 is 1.54 bits per heavy atom. The van der Waals surface area contributed by atoms with Gasteiger partial charge in [0.1, 0.15) is 17.4 Å². The summed E-state index contributed by atoms with van der Waals surface area (Å²) >= 11 is 0. The molecule has 0 spiro atoms. The van der Waals surface area contributed by atoms with Crippen molar-refractivity contribution in [3.8, 4) is 28.5 Å². The molecule has 3 aromatic carbocycles. The zero-order valence-corrected chi connectivity index (χ0v) is 13.7. The van der Waals surface area contributed by atoms with E-state index in [0.717, 1.165) is 16.3 Å². The van der Waals surface area contributed by atoms with Crippen LogP contribution in [0.25, 0.3) is 33.2 Å². The third-order valence-electron chi connectivity index (χ3n) is 4.36. The number of H-pyrrole nitrogens is 1. The molecule has 0 atom stereocenters. The molecule has 0 unspecified atom stereocenters. The fourth-order valence-corrected chi connectivity index (χ4v) is 3.04. The third kappa shape index (κ3) is 2.76. The number of pyridine rings is 1. The summed E-state index contributed by atoms with van der Waals surface area (Å²) in [5, 5.41) is 11.6. The number of halogens is 1. The predicted molar refractivity (Wildman–Crippen MR) is 100 cm³/mol. The summed E-state index contributed by atoms with van der Waals surface area (Å²) in [6.07, 6.45) is 0. The molecule has 1 aromatic heterocycles. The molecule has 1 heterocycles. The number of nitrogens with one attached hydrogen (secondary N) is 1. The fraction of sp³-hybridized carbons (Fsp3) is 0. The second kappa shape index (κ2) is 6.30. The normalized spacial score (nSPS) is 10.6. The topological polar surface area (TPSA) is 56.6 Å². The van der Waals surface area contributed by atoms with Crippen LogP contribution in [0.4, 0.5) is 4.39 Å². The summed E-state index contributed by atoms with van der Waals surface area (Å²) in [6, 6.07) is 23.3. The average Bonchev–Trinajstić information content (AvgIpc) is 2.67. The van der Waals surface area contributed by atoms with Gasteiger partial charge in [0.25, 0.3) is 5.56 Å². The zero-order chi connectivity index (χ0) is 18.1. The maximum absolute atomic E-state index is 13.2.